The van der Waals surface area contributed by atoms with Crippen LogP contribution in [-0.4, -0.2) is 23.2 Å². The zero-order valence-corrected chi connectivity index (χ0v) is 9.23. The van der Waals surface area contributed by atoms with Crippen molar-refractivity contribution in [2.45, 2.75) is 19.3 Å². The summed E-state index contributed by atoms with van der Waals surface area (Å²) in [6.45, 7) is 1.39. The van der Waals surface area contributed by atoms with Crippen molar-refractivity contribution in [1.82, 2.24) is 4.98 Å². The molecular weight excluding hydrogens is 264 g/mol. The predicted octanol–water partition coefficient (Wildman–Crippen LogP) is 2.88. The van der Waals surface area contributed by atoms with Gasteiger partial charge in [-0.15, -0.1) is 0 Å². The number of alkyl halides is 4. The van der Waals surface area contributed by atoms with Crippen molar-refractivity contribution < 1.29 is 22.4 Å². The Morgan fingerprint density at radius 2 is 2.06 bits per heavy atom. The fourth-order valence-electron chi connectivity index (χ4n) is 0.967. The molecule has 8 heteroatoms. The van der Waals surface area contributed by atoms with Gasteiger partial charge in [0, 0.05) is 0 Å². The zero-order valence-electron chi connectivity index (χ0n) is 8.48. The number of pyridine rings is 1. The molecular formula is C9H7ClF4N2O. The maximum Gasteiger partial charge on any atom is 0.383 e. The summed E-state index contributed by atoms with van der Waals surface area (Å²) in [4.78, 5) is 14.6. The summed E-state index contributed by atoms with van der Waals surface area (Å²) in [5, 5.41) is 1.77. The van der Waals surface area contributed by atoms with E-state index >= 15 is 0 Å². The second-order valence-electron chi connectivity index (χ2n) is 3.14. The first kappa shape index (κ1) is 13.7. The number of anilines is 1. The van der Waals surface area contributed by atoms with Crippen molar-refractivity contribution in [3.63, 3.8) is 0 Å². The van der Waals surface area contributed by atoms with Gasteiger partial charge in [-0.25, -0.2) is 13.8 Å². The minimum Gasteiger partial charge on any atom is -0.319 e. The Morgan fingerprint density at radius 3 is 2.53 bits per heavy atom. The number of halogens is 5. The Balaban J connectivity index is 2.89. The van der Waals surface area contributed by atoms with Gasteiger partial charge in [-0.1, -0.05) is 11.6 Å². The van der Waals surface area contributed by atoms with E-state index in [4.69, 9.17) is 11.6 Å². The van der Waals surface area contributed by atoms with Gasteiger partial charge in [0.2, 0.25) is 0 Å². The van der Waals surface area contributed by atoms with Gasteiger partial charge >= 0.3 is 18.3 Å². The largest absolute Gasteiger partial charge is 0.383 e. The molecule has 17 heavy (non-hydrogen) atoms. The molecule has 0 aliphatic rings. The Labute approximate surface area is 98.8 Å². The van der Waals surface area contributed by atoms with Crippen LogP contribution in [0.2, 0.25) is 5.15 Å². The van der Waals surface area contributed by atoms with Crippen molar-refractivity contribution in [2.24, 2.45) is 0 Å². The van der Waals surface area contributed by atoms with Gasteiger partial charge in [-0.05, 0) is 19.1 Å². The molecule has 3 nitrogen and oxygen atoms in total. The normalized spacial score (nSPS) is 11.7. The molecule has 0 aliphatic heterocycles. The number of rotatable bonds is 3. The van der Waals surface area contributed by atoms with E-state index in [9.17, 15) is 22.4 Å². The van der Waals surface area contributed by atoms with Crippen LogP contribution in [0.5, 0.6) is 0 Å². The molecule has 0 spiro atoms. The summed E-state index contributed by atoms with van der Waals surface area (Å²) < 4.78 is 49.0. The number of aromatic nitrogens is 1. The van der Waals surface area contributed by atoms with E-state index in [-0.39, 0.29) is 16.5 Å². The summed E-state index contributed by atoms with van der Waals surface area (Å²) in [5.74, 6) is -6.83. The summed E-state index contributed by atoms with van der Waals surface area (Å²) in [6, 6.07) is 2.44. The SMILES string of the molecule is Cc1nc(Cl)ccc1NC(=O)C(F)(F)C(F)F. The maximum atomic E-state index is 12.6. The number of nitrogens with zero attached hydrogens (tertiary/aromatic N) is 1. The first-order valence-electron chi connectivity index (χ1n) is 4.35. The minimum atomic E-state index is -4.74. The smallest absolute Gasteiger partial charge is 0.319 e. The molecule has 0 bridgehead atoms. The quantitative estimate of drug-likeness (QED) is 0.678. The van der Waals surface area contributed by atoms with E-state index < -0.39 is 18.3 Å². The Bertz CT molecular complexity index is 439. The zero-order chi connectivity index (χ0) is 13.2. The van der Waals surface area contributed by atoms with Gasteiger partial charge in [-0.3, -0.25) is 4.79 Å². The van der Waals surface area contributed by atoms with Crippen molar-refractivity contribution in [2.75, 3.05) is 5.32 Å². The van der Waals surface area contributed by atoms with E-state index in [2.05, 4.69) is 4.98 Å². The molecule has 0 aromatic carbocycles. The minimum absolute atomic E-state index is 0.0975. The van der Waals surface area contributed by atoms with E-state index in [0.29, 0.717) is 0 Å². The Hall–Kier alpha value is -1.37. The molecule has 1 aromatic rings. The molecule has 1 aromatic heterocycles. The number of hydrogen-bond donors (Lipinski definition) is 1. The molecule has 1 heterocycles. The third-order valence-electron chi connectivity index (χ3n) is 1.88. The van der Waals surface area contributed by atoms with E-state index in [1.807, 2.05) is 0 Å². The highest BCUT2D eigenvalue weighted by Crippen LogP contribution is 2.25. The van der Waals surface area contributed by atoms with Gasteiger partial charge in [-0.2, -0.15) is 8.78 Å². The van der Waals surface area contributed by atoms with Crippen LogP contribution in [0.15, 0.2) is 12.1 Å². The fraction of sp³-hybridized carbons (Fsp3) is 0.333. The summed E-state index contributed by atoms with van der Waals surface area (Å²) in [6.07, 6.45) is -4.07. The van der Waals surface area contributed by atoms with Gasteiger partial charge in [0.25, 0.3) is 0 Å². The Morgan fingerprint density at radius 1 is 1.47 bits per heavy atom. The third-order valence-corrected chi connectivity index (χ3v) is 2.09. The lowest BCUT2D eigenvalue weighted by Gasteiger charge is -2.15. The topological polar surface area (TPSA) is 42.0 Å². The standard InChI is InChI=1S/C9H7ClF4N2O/c1-4-5(2-3-6(10)15-4)16-8(17)9(13,14)7(11)12/h2-3,7H,1H3,(H,16,17). The van der Waals surface area contributed by atoms with Crippen LogP contribution in [0.1, 0.15) is 5.69 Å². The number of amides is 1. The molecule has 1 N–H and O–H groups in total. The van der Waals surface area contributed by atoms with E-state index in [1.165, 1.54) is 19.1 Å². The van der Waals surface area contributed by atoms with Crippen LogP contribution in [0, 0.1) is 6.92 Å². The van der Waals surface area contributed by atoms with Crippen LogP contribution in [0.25, 0.3) is 0 Å². The maximum absolute atomic E-state index is 12.6. The first-order chi connectivity index (χ1) is 7.75. The molecule has 0 atom stereocenters. The molecule has 0 unspecified atom stereocenters. The van der Waals surface area contributed by atoms with Gasteiger partial charge in [0.15, 0.2) is 0 Å². The van der Waals surface area contributed by atoms with E-state index in [0.717, 1.165) is 0 Å². The molecule has 0 aliphatic carbocycles. The molecule has 0 saturated heterocycles. The molecule has 0 radical (unpaired) electrons. The van der Waals surface area contributed by atoms with Gasteiger partial charge in [0.1, 0.15) is 5.15 Å². The lowest BCUT2D eigenvalue weighted by molar-refractivity contribution is -0.163. The highest BCUT2D eigenvalue weighted by atomic mass is 35.5. The molecule has 1 amide bonds. The second kappa shape index (κ2) is 4.87. The first-order valence-corrected chi connectivity index (χ1v) is 4.73. The van der Waals surface area contributed by atoms with Crippen molar-refractivity contribution >= 4 is 23.2 Å². The van der Waals surface area contributed by atoms with Crippen LogP contribution < -0.4 is 5.32 Å². The van der Waals surface area contributed by atoms with Crippen molar-refractivity contribution in [3.8, 4) is 0 Å². The van der Waals surface area contributed by atoms with Crippen molar-refractivity contribution in [1.29, 1.82) is 0 Å². The number of carbonyl (C=O) groups excluding carboxylic acids is 1. The third kappa shape index (κ3) is 3.06. The van der Waals surface area contributed by atoms with Gasteiger partial charge < -0.3 is 5.32 Å². The lowest BCUT2D eigenvalue weighted by Crippen LogP contribution is -2.41. The number of aryl methyl sites for hydroxylation is 1. The number of carbonyl (C=O) groups is 1. The number of hydrogen-bond acceptors (Lipinski definition) is 2. The summed E-state index contributed by atoms with van der Waals surface area (Å²) in [7, 11) is 0. The number of nitrogens with one attached hydrogen (secondary N) is 1. The molecule has 1 rings (SSSR count). The van der Waals surface area contributed by atoms with Crippen LogP contribution >= 0.6 is 11.6 Å². The lowest BCUT2D eigenvalue weighted by atomic mass is 10.2. The molecule has 0 fully saturated rings. The van der Waals surface area contributed by atoms with Crippen LogP contribution in [-0.2, 0) is 4.79 Å². The summed E-state index contributed by atoms with van der Waals surface area (Å²) in [5.41, 5.74) is 0.0515. The predicted molar refractivity (Wildman–Crippen MR) is 53.6 cm³/mol. The second-order valence-corrected chi connectivity index (χ2v) is 3.53. The summed E-state index contributed by atoms with van der Waals surface area (Å²) >= 11 is 5.50. The Kier molecular flexibility index (Phi) is 3.92. The highest BCUT2D eigenvalue weighted by molar-refractivity contribution is 6.29. The fourth-order valence-corrected chi connectivity index (χ4v) is 1.16. The molecule has 94 valence electrons. The molecule has 0 saturated carbocycles. The van der Waals surface area contributed by atoms with Crippen molar-refractivity contribution in [3.05, 3.63) is 23.0 Å². The van der Waals surface area contributed by atoms with Crippen LogP contribution in [0.3, 0.4) is 0 Å². The average Bonchev–Trinajstić information content (AvgIpc) is 2.21. The highest BCUT2D eigenvalue weighted by Gasteiger charge is 2.49. The van der Waals surface area contributed by atoms with Gasteiger partial charge in [0.05, 0.1) is 11.4 Å². The van der Waals surface area contributed by atoms with E-state index in [1.54, 1.807) is 5.32 Å². The van der Waals surface area contributed by atoms with Crippen LogP contribution in [0.4, 0.5) is 23.2 Å². The monoisotopic (exact) mass is 270 g/mol. The average molecular weight is 271 g/mol.